The van der Waals surface area contributed by atoms with Crippen molar-refractivity contribution in [3.05, 3.63) is 23.5 Å². The van der Waals surface area contributed by atoms with Gasteiger partial charge in [0.1, 0.15) is 6.17 Å². The zero-order valence-electron chi connectivity index (χ0n) is 5.74. The molecule has 0 aromatic carbocycles. The van der Waals surface area contributed by atoms with Crippen molar-refractivity contribution in [3.63, 3.8) is 0 Å². The molecule has 11 heavy (non-hydrogen) atoms. The second-order valence-corrected chi connectivity index (χ2v) is 2.17. The minimum atomic E-state index is -1.03. The van der Waals surface area contributed by atoms with Crippen molar-refractivity contribution >= 4 is 5.97 Å². The Morgan fingerprint density at radius 1 is 1.64 bits per heavy atom. The van der Waals surface area contributed by atoms with Crippen LogP contribution in [0.3, 0.4) is 0 Å². The lowest BCUT2D eigenvalue weighted by Gasteiger charge is -2.18. The Bertz CT molecular complexity index is 244. The number of carbonyl (C=O) groups is 1. The van der Waals surface area contributed by atoms with Crippen LogP contribution < -0.4 is 16.8 Å². The second kappa shape index (κ2) is 2.63. The number of nitrogens with one attached hydrogen (secondary N) is 1. The maximum Gasteiger partial charge on any atom is 0.335 e. The van der Waals surface area contributed by atoms with E-state index < -0.39 is 12.1 Å². The summed E-state index contributed by atoms with van der Waals surface area (Å²) >= 11 is 0. The molecule has 6 N–H and O–H groups in total. The molecule has 1 aliphatic heterocycles. The number of hydrogen-bond acceptors (Lipinski definition) is 4. The summed E-state index contributed by atoms with van der Waals surface area (Å²) in [6.07, 6.45) is 2.14. The first kappa shape index (κ1) is 7.62. The summed E-state index contributed by atoms with van der Waals surface area (Å²) in [5.74, 6) is -0.656. The molecule has 0 amide bonds. The number of dihydropyridines is 1. The van der Waals surface area contributed by atoms with Crippen LogP contribution in [0.25, 0.3) is 0 Å². The van der Waals surface area contributed by atoms with E-state index in [2.05, 4.69) is 5.32 Å². The first-order chi connectivity index (χ1) is 5.11. The van der Waals surface area contributed by atoms with Crippen molar-refractivity contribution in [1.29, 1.82) is 0 Å². The Kier molecular flexibility index (Phi) is 1.82. The van der Waals surface area contributed by atoms with E-state index >= 15 is 0 Å². The minimum absolute atomic E-state index is 0.110. The van der Waals surface area contributed by atoms with Gasteiger partial charge < -0.3 is 21.9 Å². The van der Waals surface area contributed by atoms with Crippen LogP contribution in [0.1, 0.15) is 0 Å². The monoisotopic (exact) mass is 155 g/mol. The molecule has 0 saturated carbocycles. The molecule has 1 aliphatic rings. The summed E-state index contributed by atoms with van der Waals surface area (Å²) < 4.78 is 0. The van der Waals surface area contributed by atoms with E-state index in [-0.39, 0.29) is 5.57 Å². The quantitative estimate of drug-likeness (QED) is 0.376. The Hall–Kier alpha value is -1.49. The summed E-state index contributed by atoms with van der Waals surface area (Å²) in [6, 6.07) is 0. The Balaban J connectivity index is 2.87. The molecule has 0 aliphatic carbocycles. The summed E-state index contributed by atoms with van der Waals surface area (Å²) in [6.45, 7) is 0. The van der Waals surface area contributed by atoms with Gasteiger partial charge in [0.25, 0.3) is 0 Å². The molecule has 1 rings (SSSR count). The van der Waals surface area contributed by atoms with Crippen LogP contribution in [0.15, 0.2) is 23.5 Å². The minimum Gasteiger partial charge on any atom is -0.478 e. The Morgan fingerprint density at radius 2 is 2.27 bits per heavy atom. The van der Waals surface area contributed by atoms with Crippen molar-refractivity contribution in [1.82, 2.24) is 5.32 Å². The number of nitrogens with two attached hydrogens (primary N) is 2. The van der Waals surface area contributed by atoms with Crippen LogP contribution in [0.2, 0.25) is 0 Å². The van der Waals surface area contributed by atoms with Crippen molar-refractivity contribution in [2.45, 2.75) is 6.17 Å². The topological polar surface area (TPSA) is 101 Å². The zero-order chi connectivity index (χ0) is 8.43. The molecule has 0 radical (unpaired) electrons. The van der Waals surface area contributed by atoms with Crippen molar-refractivity contribution < 1.29 is 9.90 Å². The van der Waals surface area contributed by atoms with E-state index in [4.69, 9.17) is 16.6 Å². The van der Waals surface area contributed by atoms with Gasteiger partial charge in [-0.15, -0.1) is 0 Å². The van der Waals surface area contributed by atoms with Gasteiger partial charge in [-0.05, 0) is 12.2 Å². The molecule has 0 bridgehead atoms. The van der Waals surface area contributed by atoms with E-state index in [0.29, 0.717) is 5.82 Å². The van der Waals surface area contributed by atoms with E-state index in [0.717, 1.165) is 0 Å². The maximum absolute atomic E-state index is 10.4. The highest BCUT2D eigenvalue weighted by Gasteiger charge is 2.18. The smallest absolute Gasteiger partial charge is 0.335 e. The Labute approximate surface area is 63.4 Å². The fourth-order valence-corrected chi connectivity index (χ4v) is 0.793. The first-order valence-corrected chi connectivity index (χ1v) is 3.04. The number of rotatable bonds is 1. The predicted molar refractivity (Wildman–Crippen MR) is 39.1 cm³/mol. The molecule has 5 heteroatoms. The second-order valence-electron chi connectivity index (χ2n) is 2.17. The van der Waals surface area contributed by atoms with Crippen LogP contribution in [0.4, 0.5) is 0 Å². The summed E-state index contributed by atoms with van der Waals surface area (Å²) in [7, 11) is 0. The van der Waals surface area contributed by atoms with Gasteiger partial charge in [0, 0.05) is 0 Å². The lowest BCUT2D eigenvalue weighted by atomic mass is 10.1. The van der Waals surface area contributed by atoms with Gasteiger partial charge in [-0.25, -0.2) is 4.79 Å². The normalized spacial score (nSPS) is 23.2. The van der Waals surface area contributed by atoms with Crippen LogP contribution in [-0.4, -0.2) is 17.2 Å². The highest BCUT2D eigenvalue weighted by atomic mass is 16.4. The molecule has 0 spiro atoms. The van der Waals surface area contributed by atoms with Gasteiger partial charge in [0.05, 0.1) is 11.4 Å². The summed E-state index contributed by atoms with van der Waals surface area (Å²) in [4.78, 5) is 10.4. The van der Waals surface area contributed by atoms with Crippen LogP contribution in [-0.2, 0) is 4.79 Å². The number of hydrogen-bond donors (Lipinski definition) is 4. The fraction of sp³-hybridized carbons (Fsp3) is 0.167. The standard InChI is InChI=1S/C6H9N3O2/c7-4-2-1-3(6(10)11)5(8)9-4/h1-2,5,9H,7-8H2,(H,10,11). The van der Waals surface area contributed by atoms with Crippen LogP contribution >= 0.6 is 0 Å². The molecule has 0 aromatic rings. The van der Waals surface area contributed by atoms with Gasteiger partial charge >= 0.3 is 5.97 Å². The van der Waals surface area contributed by atoms with Gasteiger partial charge in [-0.1, -0.05) is 0 Å². The largest absolute Gasteiger partial charge is 0.478 e. The van der Waals surface area contributed by atoms with E-state index in [1.54, 1.807) is 0 Å². The zero-order valence-corrected chi connectivity index (χ0v) is 5.74. The third-order valence-corrected chi connectivity index (χ3v) is 1.35. The van der Waals surface area contributed by atoms with E-state index in [1.807, 2.05) is 0 Å². The van der Waals surface area contributed by atoms with E-state index in [9.17, 15) is 4.79 Å². The molecule has 1 heterocycles. The lowest BCUT2D eigenvalue weighted by Crippen LogP contribution is -2.44. The molecule has 1 unspecified atom stereocenters. The molecular weight excluding hydrogens is 146 g/mol. The molecule has 0 saturated heterocycles. The Morgan fingerprint density at radius 3 is 2.73 bits per heavy atom. The highest BCUT2D eigenvalue weighted by molar-refractivity contribution is 5.88. The van der Waals surface area contributed by atoms with Crippen LogP contribution in [0.5, 0.6) is 0 Å². The number of carboxylic acids is 1. The summed E-state index contributed by atoms with van der Waals surface area (Å²) in [5, 5.41) is 11.1. The van der Waals surface area contributed by atoms with E-state index in [1.165, 1.54) is 12.2 Å². The van der Waals surface area contributed by atoms with Gasteiger partial charge in [0.15, 0.2) is 0 Å². The highest BCUT2D eigenvalue weighted by Crippen LogP contribution is 2.04. The maximum atomic E-state index is 10.4. The summed E-state index contributed by atoms with van der Waals surface area (Å²) in [5.41, 5.74) is 10.8. The van der Waals surface area contributed by atoms with Gasteiger partial charge in [-0.2, -0.15) is 0 Å². The van der Waals surface area contributed by atoms with Gasteiger partial charge in [-0.3, -0.25) is 0 Å². The molecule has 0 fully saturated rings. The predicted octanol–water partition coefficient (Wildman–Crippen LogP) is -1.31. The molecular formula is C6H9N3O2. The average molecular weight is 155 g/mol. The van der Waals surface area contributed by atoms with Crippen molar-refractivity contribution in [2.75, 3.05) is 0 Å². The molecule has 0 aromatic heterocycles. The molecule has 60 valence electrons. The lowest BCUT2D eigenvalue weighted by molar-refractivity contribution is -0.133. The van der Waals surface area contributed by atoms with Gasteiger partial charge in [0.2, 0.25) is 0 Å². The first-order valence-electron chi connectivity index (χ1n) is 3.04. The third-order valence-electron chi connectivity index (χ3n) is 1.35. The van der Waals surface area contributed by atoms with Crippen molar-refractivity contribution in [3.8, 4) is 0 Å². The number of allylic oxidation sites excluding steroid dienone is 2. The van der Waals surface area contributed by atoms with Crippen molar-refractivity contribution in [2.24, 2.45) is 11.5 Å². The molecule has 5 nitrogen and oxygen atoms in total. The molecule has 1 atom stereocenters. The SMILES string of the molecule is NC1=CC=C(C(=O)O)C(N)N1. The number of aliphatic carboxylic acids is 1. The average Bonchev–Trinajstić information content (AvgIpc) is 1.85. The fourth-order valence-electron chi connectivity index (χ4n) is 0.793. The third kappa shape index (κ3) is 1.50. The number of carboxylic acid groups (broad SMARTS) is 1. The van der Waals surface area contributed by atoms with Crippen LogP contribution in [0, 0.1) is 0 Å².